The Hall–Kier alpha value is -3.19. The van der Waals surface area contributed by atoms with E-state index in [1.54, 1.807) is 24.3 Å². The van der Waals surface area contributed by atoms with Crippen molar-refractivity contribution < 1.29 is 14.2 Å². The van der Waals surface area contributed by atoms with Crippen LogP contribution in [0.4, 0.5) is 11.4 Å². The van der Waals surface area contributed by atoms with Crippen molar-refractivity contribution in [2.45, 2.75) is 25.4 Å². The predicted octanol–water partition coefficient (Wildman–Crippen LogP) is 2.36. The first-order valence-electron chi connectivity index (χ1n) is 9.46. The summed E-state index contributed by atoms with van der Waals surface area (Å²) in [5, 5.41) is 15.3. The van der Waals surface area contributed by atoms with Crippen molar-refractivity contribution in [2.24, 2.45) is 0 Å². The predicted molar refractivity (Wildman–Crippen MR) is 107 cm³/mol. The average Bonchev–Trinajstić information content (AvgIpc) is 2.70. The lowest BCUT2D eigenvalue weighted by atomic mass is 10.0. The second-order valence-corrected chi connectivity index (χ2v) is 7.20. The van der Waals surface area contributed by atoms with E-state index in [0.717, 1.165) is 32.5 Å². The molecule has 2 N–H and O–H groups in total. The molecule has 1 aromatic heterocycles. The minimum absolute atomic E-state index is 0.0865. The summed E-state index contributed by atoms with van der Waals surface area (Å²) in [4.78, 5) is 24.5. The van der Waals surface area contributed by atoms with Gasteiger partial charge in [-0.1, -0.05) is 42.5 Å². The van der Waals surface area contributed by atoms with E-state index < -0.39 is 16.2 Å². The monoisotopic (exact) mass is 380 g/mol. The average molecular weight is 380 g/mol. The van der Waals surface area contributed by atoms with Crippen molar-refractivity contribution in [3.8, 4) is 0 Å². The molecular weight excluding hydrogens is 358 g/mol. The smallest absolute Gasteiger partial charge is 0.417 e. The standard InChI is InChI=1S/C21H21N3O4/c25-21-20(24(26)27)19(17-8-4-5-9-18(17)28-21)22-16-10-12-23(13-11-16)14-15-6-2-1-3-7-15/h1-9,16,22H,10-14H2/p+1. The maximum atomic E-state index is 12.1. The molecule has 7 heteroatoms. The number of quaternary nitrogens is 1. The zero-order chi connectivity index (χ0) is 19.5. The molecule has 2 heterocycles. The third-order valence-electron chi connectivity index (χ3n) is 5.31. The van der Waals surface area contributed by atoms with Crippen LogP contribution in [0.2, 0.25) is 0 Å². The van der Waals surface area contributed by atoms with E-state index in [9.17, 15) is 14.9 Å². The fourth-order valence-corrected chi connectivity index (χ4v) is 3.89. The summed E-state index contributed by atoms with van der Waals surface area (Å²) < 4.78 is 5.13. The van der Waals surface area contributed by atoms with Crippen molar-refractivity contribution in [3.63, 3.8) is 0 Å². The summed E-state index contributed by atoms with van der Waals surface area (Å²) in [6.45, 7) is 2.92. The summed E-state index contributed by atoms with van der Waals surface area (Å²) in [5.41, 5.74) is 0.503. The van der Waals surface area contributed by atoms with Gasteiger partial charge in [0.2, 0.25) is 0 Å². The lowest BCUT2D eigenvalue weighted by Gasteiger charge is -2.30. The van der Waals surface area contributed by atoms with E-state index in [2.05, 4.69) is 17.4 Å². The molecule has 0 atom stereocenters. The Kier molecular flexibility index (Phi) is 5.08. The number of para-hydroxylation sites is 1. The summed E-state index contributed by atoms with van der Waals surface area (Å²) in [5.74, 6) is 0. The molecular formula is C21H22N3O4+. The Morgan fingerprint density at radius 3 is 2.46 bits per heavy atom. The van der Waals surface area contributed by atoms with Crippen molar-refractivity contribution in [2.75, 3.05) is 18.4 Å². The zero-order valence-electron chi connectivity index (χ0n) is 15.4. The summed E-state index contributed by atoms with van der Waals surface area (Å²) in [7, 11) is 0. The SMILES string of the molecule is O=c1oc2ccccc2c(NC2CC[NH+](Cc3ccccc3)CC2)c1[N+](=O)[O-]. The number of piperidine rings is 1. The first kappa shape index (κ1) is 18.2. The van der Waals surface area contributed by atoms with Crippen molar-refractivity contribution >= 4 is 22.3 Å². The van der Waals surface area contributed by atoms with Crippen molar-refractivity contribution in [1.82, 2.24) is 0 Å². The molecule has 0 saturated carbocycles. The third kappa shape index (κ3) is 3.75. The summed E-state index contributed by atoms with van der Waals surface area (Å²) in [6.07, 6.45) is 1.77. The minimum atomic E-state index is -0.918. The molecule has 144 valence electrons. The molecule has 0 bridgehead atoms. The number of rotatable bonds is 5. The van der Waals surface area contributed by atoms with Gasteiger partial charge < -0.3 is 14.6 Å². The normalized spacial score (nSPS) is 19.4. The molecule has 0 spiro atoms. The number of hydrogen-bond donors (Lipinski definition) is 2. The van der Waals surface area contributed by atoms with E-state index in [0.29, 0.717) is 11.0 Å². The molecule has 0 amide bonds. The Labute approximate surface area is 161 Å². The van der Waals surface area contributed by atoms with E-state index in [-0.39, 0.29) is 11.7 Å². The van der Waals surface area contributed by atoms with Crippen LogP contribution in [0, 0.1) is 10.1 Å². The van der Waals surface area contributed by atoms with E-state index in [1.165, 1.54) is 10.5 Å². The van der Waals surface area contributed by atoms with Gasteiger partial charge in [-0.05, 0) is 12.1 Å². The van der Waals surface area contributed by atoms with Gasteiger partial charge in [-0.2, -0.15) is 0 Å². The number of nitrogens with zero attached hydrogens (tertiary/aromatic N) is 1. The first-order valence-corrected chi connectivity index (χ1v) is 9.46. The van der Waals surface area contributed by atoms with Crippen LogP contribution in [0.1, 0.15) is 18.4 Å². The number of benzene rings is 2. The maximum absolute atomic E-state index is 12.1. The molecule has 2 aromatic carbocycles. The van der Waals surface area contributed by atoms with Crippen LogP contribution in [-0.4, -0.2) is 24.1 Å². The van der Waals surface area contributed by atoms with Crippen LogP contribution >= 0.6 is 0 Å². The van der Waals surface area contributed by atoms with Gasteiger partial charge >= 0.3 is 11.3 Å². The Morgan fingerprint density at radius 2 is 1.75 bits per heavy atom. The van der Waals surface area contributed by atoms with E-state index in [1.807, 2.05) is 18.2 Å². The molecule has 0 aliphatic carbocycles. The number of hydrogen-bond acceptors (Lipinski definition) is 5. The van der Waals surface area contributed by atoms with Crippen LogP contribution in [0.15, 0.2) is 63.8 Å². The molecule has 28 heavy (non-hydrogen) atoms. The fraction of sp³-hybridized carbons (Fsp3) is 0.286. The molecule has 3 aromatic rings. The van der Waals surface area contributed by atoms with Crippen molar-refractivity contribution in [3.05, 3.63) is 80.7 Å². The van der Waals surface area contributed by atoms with Crippen molar-refractivity contribution in [1.29, 1.82) is 0 Å². The molecule has 1 fully saturated rings. The highest BCUT2D eigenvalue weighted by atomic mass is 16.6. The van der Waals surface area contributed by atoms with Crippen LogP contribution in [0.3, 0.4) is 0 Å². The molecule has 1 aliphatic heterocycles. The Bertz CT molecular complexity index is 1040. The molecule has 0 unspecified atom stereocenters. The highest BCUT2D eigenvalue weighted by Gasteiger charge is 2.29. The number of nitro groups is 1. The van der Waals surface area contributed by atoms with Gasteiger partial charge in [0, 0.05) is 29.8 Å². The lowest BCUT2D eigenvalue weighted by molar-refractivity contribution is -0.918. The second-order valence-electron chi connectivity index (χ2n) is 7.20. The molecule has 1 aliphatic rings. The number of likely N-dealkylation sites (tertiary alicyclic amines) is 1. The fourth-order valence-electron chi connectivity index (χ4n) is 3.89. The highest BCUT2D eigenvalue weighted by molar-refractivity contribution is 5.94. The highest BCUT2D eigenvalue weighted by Crippen LogP contribution is 2.31. The minimum Gasteiger partial charge on any atom is -0.418 e. The zero-order valence-corrected chi connectivity index (χ0v) is 15.4. The number of nitrogens with one attached hydrogen (secondary N) is 2. The van der Waals surface area contributed by atoms with Crippen LogP contribution in [0.25, 0.3) is 11.0 Å². The van der Waals surface area contributed by atoms with E-state index in [4.69, 9.17) is 4.42 Å². The number of anilines is 1. The van der Waals surface area contributed by atoms with Gasteiger partial charge in [0.1, 0.15) is 17.8 Å². The number of fused-ring (bicyclic) bond motifs is 1. The third-order valence-corrected chi connectivity index (χ3v) is 5.31. The molecule has 4 rings (SSSR count). The van der Waals surface area contributed by atoms with Crippen LogP contribution in [-0.2, 0) is 6.54 Å². The quantitative estimate of drug-likeness (QED) is 0.403. The summed E-state index contributed by atoms with van der Waals surface area (Å²) in [6, 6.07) is 17.4. The lowest BCUT2D eigenvalue weighted by Crippen LogP contribution is -3.12. The Balaban J connectivity index is 1.52. The maximum Gasteiger partial charge on any atom is 0.417 e. The van der Waals surface area contributed by atoms with Crippen LogP contribution < -0.4 is 15.8 Å². The topological polar surface area (TPSA) is 89.8 Å². The van der Waals surface area contributed by atoms with E-state index >= 15 is 0 Å². The van der Waals surface area contributed by atoms with Gasteiger partial charge in [-0.15, -0.1) is 0 Å². The molecule has 7 nitrogen and oxygen atoms in total. The van der Waals surface area contributed by atoms with Gasteiger partial charge in [0.05, 0.1) is 18.0 Å². The van der Waals surface area contributed by atoms with Gasteiger partial charge in [-0.25, -0.2) is 4.79 Å². The summed E-state index contributed by atoms with van der Waals surface area (Å²) >= 11 is 0. The van der Waals surface area contributed by atoms with Crippen LogP contribution in [0.5, 0.6) is 0 Å². The first-order chi connectivity index (χ1) is 13.6. The molecule has 1 saturated heterocycles. The largest absolute Gasteiger partial charge is 0.418 e. The van der Waals surface area contributed by atoms with Gasteiger partial charge in [0.25, 0.3) is 0 Å². The second kappa shape index (κ2) is 7.82. The molecule has 0 radical (unpaired) electrons. The van der Waals surface area contributed by atoms with Gasteiger partial charge in [0.15, 0.2) is 0 Å². The Morgan fingerprint density at radius 1 is 1.07 bits per heavy atom. The van der Waals surface area contributed by atoms with Gasteiger partial charge in [-0.3, -0.25) is 10.1 Å².